The number of aliphatic carboxylic acids is 4. The molecule has 1 aromatic carbocycles. The number of aryl methyl sites for hydroxylation is 1. The van der Waals surface area contributed by atoms with E-state index in [4.69, 9.17) is 9.05 Å². The first-order valence-electron chi connectivity index (χ1n) is 23.7. The second-order valence-electron chi connectivity index (χ2n) is 18.6. The van der Waals surface area contributed by atoms with E-state index in [2.05, 4.69) is 24.3 Å². The number of hydrogen-bond donors (Lipinski definition) is 5. The number of phosphoric ester groups is 1. The number of rotatable bonds is 34. The molecular formula is C46H83N5O12P+. The first-order chi connectivity index (χ1) is 30.4. The van der Waals surface area contributed by atoms with Gasteiger partial charge in [-0.05, 0) is 36.8 Å². The number of hydrogen-bond acceptors (Lipinski definition) is 11. The molecule has 1 aliphatic heterocycles. The van der Waals surface area contributed by atoms with Crippen molar-refractivity contribution >= 4 is 31.7 Å². The van der Waals surface area contributed by atoms with Gasteiger partial charge in [-0.2, -0.15) is 0 Å². The number of carbonyl (C=O) groups is 4. The molecule has 1 fully saturated rings. The summed E-state index contributed by atoms with van der Waals surface area (Å²) < 4.78 is 22.7. The van der Waals surface area contributed by atoms with Crippen molar-refractivity contribution in [2.75, 3.05) is 113 Å². The van der Waals surface area contributed by atoms with Crippen molar-refractivity contribution < 1.29 is 62.6 Å². The van der Waals surface area contributed by atoms with Crippen LogP contribution in [0.15, 0.2) is 24.3 Å². The molecule has 0 spiro atoms. The number of nitrogens with zero attached hydrogens (tertiary/aromatic N) is 5. The molecule has 0 radical (unpaired) electrons. The van der Waals surface area contributed by atoms with E-state index in [-0.39, 0.29) is 91.2 Å². The van der Waals surface area contributed by atoms with Gasteiger partial charge in [0.25, 0.3) is 0 Å². The maximum atomic E-state index is 12.1. The van der Waals surface area contributed by atoms with Crippen LogP contribution in [0.2, 0.25) is 0 Å². The van der Waals surface area contributed by atoms with Gasteiger partial charge in [0.1, 0.15) is 13.2 Å². The van der Waals surface area contributed by atoms with Crippen molar-refractivity contribution in [1.29, 1.82) is 0 Å². The normalized spacial score (nSPS) is 17.7. The highest BCUT2D eigenvalue weighted by Crippen LogP contribution is 2.43. The lowest BCUT2D eigenvalue weighted by Gasteiger charge is -2.37. The average Bonchev–Trinajstić information content (AvgIpc) is 3.19. The summed E-state index contributed by atoms with van der Waals surface area (Å²) in [7, 11) is 2.04. The molecule has 2 atom stereocenters. The lowest BCUT2D eigenvalue weighted by atomic mass is 9.99. The third-order valence-electron chi connectivity index (χ3n) is 11.7. The Hall–Kier alpha value is -2.99. The number of likely N-dealkylation sites (N-methyl/N-ethyl adjacent to an activating group) is 1. The van der Waals surface area contributed by atoms with E-state index in [1.807, 2.05) is 21.1 Å². The van der Waals surface area contributed by atoms with Crippen LogP contribution in [0.1, 0.15) is 114 Å². The van der Waals surface area contributed by atoms with Crippen molar-refractivity contribution in [2.45, 2.75) is 122 Å². The van der Waals surface area contributed by atoms with Gasteiger partial charge in [-0.1, -0.05) is 114 Å². The molecule has 0 saturated carbocycles. The van der Waals surface area contributed by atoms with E-state index in [0.717, 1.165) is 37.7 Å². The van der Waals surface area contributed by atoms with Gasteiger partial charge in [0.15, 0.2) is 0 Å². The zero-order chi connectivity index (χ0) is 47.2. The first kappa shape index (κ1) is 57.1. The maximum absolute atomic E-state index is 12.1. The highest BCUT2D eigenvalue weighted by Gasteiger charge is 2.28. The number of quaternary nitrogens is 1. The molecule has 0 aliphatic carbocycles. The van der Waals surface area contributed by atoms with Crippen molar-refractivity contribution in [3.63, 3.8) is 0 Å². The Balaban J connectivity index is 1.68. The fraction of sp³-hybridized carbons (Fsp3) is 0.783. The first-order valence-corrected chi connectivity index (χ1v) is 25.2. The summed E-state index contributed by atoms with van der Waals surface area (Å²) >= 11 is 0. The molecule has 1 heterocycles. The van der Waals surface area contributed by atoms with Crippen LogP contribution in [0.25, 0.3) is 0 Å². The van der Waals surface area contributed by atoms with E-state index in [9.17, 15) is 49.1 Å². The van der Waals surface area contributed by atoms with Gasteiger partial charge in [-0.25, -0.2) is 4.57 Å². The van der Waals surface area contributed by atoms with E-state index in [1.54, 1.807) is 19.6 Å². The summed E-state index contributed by atoms with van der Waals surface area (Å²) in [5.41, 5.74) is 2.23. The molecule has 5 N–H and O–H groups in total. The van der Waals surface area contributed by atoms with Gasteiger partial charge in [0.2, 0.25) is 0 Å². The topological polar surface area (TPSA) is 218 Å². The third-order valence-corrected chi connectivity index (χ3v) is 12.7. The highest BCUT2D eigenvalue weighted by molar-refractivity contribution is 7.47. The summed E-state index contributed by atoms with van der Waals surface area (Å²) in [5, 5.41) is 38.6. The summed E-state index contributed by atoms with van der Waals surface area (Å²) in [4.78, 5) is 63.9. The van der Waals surface area contributed by atoms with E-state index in [1.165, 1.54) is 82.6 Å². The molecule has 0 bridgehead atoms. The summed E-state index contributed by atoms with van der Waals surface area (Å²) in [6.45, 7) is 1.80. The van der Waals surface area contributed by atoms with E-state index < -0.39 is 31.7 Å². The third kappa shape index (κ3) is 30.3. The predicted molar refractivity (Wildman–Crippen MR) is 248 cm³/mol. The quantitative estimate of drug-likeness (QED) is 0.0314. The summed E-state index contributed by atoms with van der Waals surface area (Å²) in [6, 6.07) is 7.95. The summed E-state index contributed by atoms with van der Waals surface area (Å²) in [6.07, 6.45) is 20.5. The van der Waals surface area contributed by atoms with Gasteiger partial charge in [0, 0.05) is 51.9 Å². The van der Waals surface area contributed by atoms with E-state index in [0.29, 0.717) is 17.4 Å². The average molecular weight is 929 g/mol. The van der Waals surface area contributed by atoms with Crippen molar-refractivity contribution in [3.05, 3.63) is 35.4 Å². The molecule has 368 valence electrons. The molecular weight excluding hydrogens is 846 g/mol. The Morgan fingerprint density at radius 3 is 1.38 bits per heavy atom. The standard InChI is InChI=1S/C46H82N5O12P/c1-51(2,3)31-33-63-64(60,61)62-32-19-17-15-13-11-9-7-5-4-6-8-10-12-14-16-18-20-40-21-23-41(24-22-40)34-42-35-49(38-45(56)57)28-27-47(36-43(52)53)25-26-48(37-44(54)55)29-30-50(42)39-46(58)59/h21-24,42H,4-20,25-39H2,1-3H3,(H4-,52,53,54,55,56,57,58,59,60,61)/p+1. The van der Waals surface area contributed by atoms with Crippen LogP contribution in [-0.4, -0.2) is 192 Å². The molecule has 1 aliphatic rings. The number of carboxylic acids is 4. The Labute approximate surface area is 382 Å². The molecule has 17 nitrogen and oxygen atoms in total. The van der Waals surface area contributed by atoms with Crippen molar-refractivity contribution in [2.24, 2.45) is 0 Å². The molecule has 2 unspecified atom stereocenters. The SMILES string of the molecule is C[N+](C)(C)CCOP(=O)(O)OCCCCCCCCCCCCCCCCCCc1ccc(CC2CN(CC(=O)O)CCN(CC(=O)O)CCN(CC(=O)O)CCN2CC(=O)O)cc1. The van der Waals surface area contributed by atoms with Gasteiger partial charge >= 0.3 is 31.7 Å². The Kier molecular flexibility index (Phi) is 29.1. The largest absolute Gasteiger partial charge is 0.480 e. The maximum Gasteiger partial charge on any atom is 0.472 e. The number of benzene rings is 1. The lowest BCUT2D eigenvalue weighted by molar-refractivity contribution is -0.870. The fourth-order valence-electron chi connectivity index (χ4n) is 8.02. The van der Waals surface area contributed by atoms with Crippen LogP contribution in [-0.2, 0) is 45.6 Å². The predicted octanol–water partition coefficient (Wildman–Crippen LogP) is 5.78. The number of carboxylic acid groups (broad SMARTS) is 4. The lowest BCUT2D eigenvalue weighted by Crippen LogP contribution is -2.53. The van der Waals surface area contributed by atoms with Gasteiger partial charge in [0.05, 0.1) is 53.9 Å². The Bertz CT molecular complexity index is 1510. The number of unbranched alkanes of at least 4 members (excludes halogenated alkanes) is 15. The Morgan fingerprint density at radius 1 is 0.547 bits per heavy atom. The highest BCUT2D eigenvalue weighted by atomic mass is 31.2. The van der Waals surface area contributed by atoms with Crippen LogP contribution >= 0.6 is 7.82 Å². The smallest absolute Gasteiger partial charge is 0.472 e. The van der Waals surface area contributed by atoms with Crippen LogP contribution in [0.4, 0.5) is 0 Å². The number of phosphoric acid groups is 1. The van der Waals surface area contributed by atoms with Crippen LogP contribution in [0, 0.1) is 0 Å². The monoisotopic (exact) mass is 929 g/mol. The van der Waals surface area contributed by atoms with E-state index >= 15 is 0 Å². The molecule has 64 heavy (non-hydrogen) atoms. The fourth-order valence-corrected chi connectivity index (χ4v) is 8.77. The Morgan fingerprint density at radius 2 is 0.922 bits per heavy atom. The molecule has 1 aromatic rings. The van der Waals surface area contributed by atoms with Crippen LogP contribution in [0.5, 0.6) is 0 Å². The van der Waals surface area contributed by atoms with Crippen molar-refractivity contribution in [1.82, 2.24) is 19.6 Å². The molecule has 0 aromatic heterocycles. The molecule has 18 heteroatoms. The second-order valence-corrected chi connectivity index (χ2v) is 20.0. The van der Waals surface area contributed by atoms with Gasteiger partial charge in [-0.15, -0.1) is 0 Å². The molecule has 1 saturated heterocycles. The van der Waals surface area contributed by atoms with Crippen LogP contribution < -0.4 is 0 Å². The summed E-state index contributed by atoms with van der Waals surface area (Å²) in [5.74, 6) is -4.12. The minimum absolute atomic E-state index is 0.192. The van der Waals surface area contributed by atoms with Crippen LogP contribution in [0.3, 0.4) is 0 Å². The second kappa shape index (κ2) is 32.6. The van der Waals surface area contributed by atoms with Gasteiger partial charge < -0.3 is 29.8 Å². The minimum Gasteiger partial charge on any atom is -0.480 e. The zero-order valence-electron chi connectivity index (χ0n) is 39.3. The molecule has 0 amide bonds. The molecule has 2 rings (SSSR count). The zero-order valence-corrected chi connectivity index (χ0v) is 40.2. The minimum atomic E-state index is -3.95. The van der Waals surface area contributed by atoms with Gasteiger partial charge in [-0.3, -0.25) is 47.8 Å². The van der Waals surface area contributed by atoms with Crippen molar-refractivity contribution in [3.8, 4) is 0 Å².